The molecule has 4 N–H and O–H groups in total. The van der Waals surface area contributed by atoms with Gasteiger partial charge in [-0.3, -0.25) is 0 Å². The summed E-state index contributed by atoms with van der Waals surface area (Å²) in [5, 5.41) is 34.1. The molecule has 0 amide bonds. The topological polar surface area (TPSA) is 80.9 Å². The predicted molar refractivity (Wildman–Crippen MR) is 169 cm³/mol. The van der Waals surface area contributed by atoms with E-state index in [1.54, 1.807) is 13.8 Å². The third kappa shape index (κ3) is 46.0. The van der Waals surface area contributed by atoms with Crippen LogP contribution in [0.4, 0.5) is 26.3 Å². The molecule has 0 aromatic rings. The molecule has 4 nitrogen and oxygen atoms in total. The Morgan fingerprint density at radius 2 is 0.953 bits per heavy atom. The van der Waals surface area contributed by atoms with Crippen molar-refractivity contribution in [3.05, 3.63) is 0 Å². The maximum atomic E-state index is 12.2. The summed E-state index contributed by atoms with van der Waals surface area (Å²) in [4.78, 5) is 0. The predicted octanol–water partition coefficient (Wildman–Crippen LogP) is 9.57. The third-order valence-electron chi connectivity index (χ3n) is 6.80. The Kier molecular flexibility index (Phi) is 38.0. The van der Waals surface area contributed by atoms with E-state index in [9.17, 15) is 26.3 Å². The smallest absolute Gasteiger partial charge is 0.270 e. The molecule has 268 valence electrons. The number of hydrogen-bond donors (Lipinski definition) is 4. The molecule has 4 atom stereocenters. The van der Waals surface area contributed by atoms with E-state index in [4.69, 9.17) is 20.4 Å². The maximum Gasteiger partial charge on any atom is 0.270 e. The molecule has 0 spiro atoms. The molecule has 0 heterocycles. The van der Waals surface area contributed by atoms with Gasteiger partial charge >= 0.3 is 0 Å². The number of aliphatic hydroxyl groups is 4. The van der Waals surface area contributed by atoms with Gasteiger partial charge in [0.15, 0.2) is 0 Å². The first-order chi connectivity index (χ1) is 19.4. The molecule has 0 aromatic carbocycles. The highest BCUT2D eigenvalue weighted by molar-refractivity contribution is 4.65. The minimum absolute atomic E-state index is 0.0394. The average molecular weight is 645 g/mol. The van der Waals surface area contributed by atoms with Crippen molar-refractivity contribution in [3.63, 3.8) is 0 Å². The van der Waals surface area contributed by atoms with Gasteiger partial charge in [-0.2, -0.15) is 0 Å². The monoisotopic (exact) mass is 645 g/mol. The molecule has 0 aromatic heterocycles. The van der Waals surface area contributed by atoms with Crippen LogP contribution in [0.2, 0.25) is 0 Å². The largest absolute Gasteiger partial charge is 0.396 e. The molecular weight excluding hydrogens is 574 g/mol. The van der Waals surface area contributed by atoms with Gasteiger partial charge in [-0.1, -0.05) is 89.5 Å². The van der Waals surface area contributed by atoms with Gasteiger partial charge < -0.3 is 20.4 Å². The van der Waals surface area contributed by atoms with Crippen molar-refractivity contribution in [2.24, 2.45) is 47.3 Å². The van der Waals surface area contributed by atoms with E-state index in [1.807, 2.05) is 41.5 Å². The first kappa shape index (κ1) is 52.0. The Hall–Kier alpha value is -0.580. The van der Waals surface area contributed by atoms with Gasteiger partial charge in [-0.25, -0.2) is 26.3 Å². The number of aliphatic hydroxyl groups excluding tert-OH is 4. The van der Waals surface area contributed by atoms with Crippen LogP contribution in [0.15, 0.2) is 0 Å². The van der Waals surface area contributed by atoms with E-state index in [1.165, 1.54) is 0 Å². The normalized spacial score (nSPS) is 14.4. The summed E-state index contributed by atoms with van der Waals surface area (Å²) in [6, 6.07) is 0. The molecule has 0 saturated carbocycles. The third-order valence-corrected chi connectivity index (χ3v) is 6.80. The quantitative estimate of drug-likeness (QED) is 0.134. The second-order valence-corrected chi connectivity index (χ2v) is 13.3. The first-order valence-corrected chi connectivity index (χ1v) is 15.9. The highest BCUT2D eigenvalue weighted by Gasteiger charge is 2.28. The molecule has 0 bridgehead atoms. The lowest BCUT2D eigenvalue weighted by Gasteiger charge is -2.16. The summed E-state index contributed by atoms with van der Waals surface area (Å²) < 4.78 is 71.0. The van der Waals surface area contributed by atoms with E-state index < -0.39 is 25.4 Å². The zero-order valence-electron chi connectivity index (χ0n) is 29.6. The van der Waals surface area contributed by atoms with Crippen molar-refractivity contribution in [3.8, 4) is 0 Å². The van der Waals surface area contributed by atoms with E-state index in [-0.39, 0.29) is 55.6 Å². The van der Waals surface area contributed by atoms with Gasteiger partial charge in [-0.15, -0.1) is 0 Å². The van der Waals surface area contributed by atoms with Crippen molar-refractivity contribution in [2.45, 2.75) is 147 Å². The number of hydrogen-bond acceptors (Lipinski definition) is 4. The van der Waals surface area contributed by atoms with E-state index in [2.05, 4.69) is 34.6 Å². The fourth-order valence-corrected chi connectivity index (χ4v) is 3.49. The van der Waals surface area contributed by atoms with Crippen molar-refractivity contribution in [1.82, 2.24) is 0 Å². The fraction of sp³-hybridized carbons (Fsp3) is 1.00. The highest BCUT2D eigenvalue weighted by Crippen LogP contribution is 2.22. The molecule has 4 unspecified atom stereocenters. The molecule has 0 saturated heterocycles. The molecule has 10 heteroatoms. The van der Waals surface area contributed by atoms with Crippen LogP contribution in [0.25, 0.3) is 0 Å². The van der Waals surface area contributed by atoms with Gasteiger partial charge in [0.05, 0.1) is 6.10 Å². The number of halogens is 6. The molecular formula is C33H70F6O4. The summed E-state index contributed by atoms with van der Waals surface area (Å²) in [7, 11) is 0. The molecule has 43 heavy (non-hydrogen) atoms. The molecule has 0 aliphatic heterocycles. The Bertz CT molecular complexity index is 535. The Labute approximate surface area is 261 Å². The van der Waals surface area contributed by atoms with Crippen LogP contribution >= 0.6 is 0 Å². The summed E-state index contributed by atoms with van der Waals surface area (Å²) in [6.07, 6.45) is -2.93. The summed E-state index contributed by atoms with van der Waals surface area (Å²) >= 11 is 0. The van der Waals surface area contributed by atoms with Gasteiger partial charge in [-0.05, 0) is 60.7 Å². The van der Waals surface area contributed by atoms with Crippen molar-refractivity contribution < 1.29 is 46.8 Å². The molecule has 0 aliphatic carbocycles. The van der Waals surface area contributed by atoms with Gasteiger partial charge in [0.25, 0.3) is 5.92 Å². The van der Waals surface area contributed by atoms with Crippen LogP contribution < -0.4 is 0 Å². The standard InChI is InChI=1S/C7H14F2O.C7H14F2.C7H16O.C6H12F2O.C6H14O/c1-5(2)6(4-10)3-7(8)9;1-5(2)6(3)4-7(8)9;1-4-7(5-8)6(2)3;1-5(2)3-6(7,8)4-9;1-5(2)4-6(3)7/h5-7,10H,3-4H2,1-2H3;5-7H,4H2,1-3H3;6-8H,4-5H2,1-3H3;5,9H,3-4H2,1-2H3;5-7H,4H2,1-3H3. The first-order valence-electron chi connectivity index (χ1n) is 15.9. The van der Waals surface area contributed by atoms with Gasteiger partial charge in [0.1, 0.15) is 6.61 Å². The lowest BCUT2D eigenvalue weighted by molar-refractivity contribution is -0.0647. The van der Waals surface area contributed by atoms with Crippen molar-refractivity contribution in [1.29, 1.82) is 0 Å². The SMILES string of the molecule is CC(C)C(C)CC(F)F.CC(C)C(CO)CC(F)F.CC(C)CC(C)O.CC(C)CC(F)(F)CO.CCC(CO)C(C)C. The van der Waals surface area contributed by atoms with Crippen LogP contribution in [0.3, 0.4) is 0 Å². The second-order valence-electron chi connectivity index (χ2n) is 13.3. The van der Waals surface area contributed by atoms with Crippen LogP contribution in [-0.4, -0.2) is 65.1 Å². The lowest BCUT2D eigenvalue weighted by atomic mass is 9.94. The molecule has 0 aliphatic rings. The van der Waals surface area contributed by atoms with E-state index in [0.717, 1.165) is 12.8 Å². The van der Waals surface area contributed by atoms with Crippen LogP contribution in [-0.2, 0) is 0 Å². The molecule has 0 fully saturated rings. The van der Waals surface area contributed by atoms with Crippen LogP contribution in [0, 0.1) is 47.3 Å². The second kappa shape index (κ2) is 31.4. The maximum absolute atomic E-state index is 12.2. The number of rotatable bonds is 15. The Morgan fingerprint density at radius 1 is 0.558 bits per heavy atom. The average Bonchev–Trinajstić information content (AvgIpc) is 2.82. The molecule has 0 rings (SSSR count). The summed E-state index contributed by atoms with van der Waals surface area (Å²) in [5.41, 5.74) is 0. The fourth-order valence-electron chi connectivity index (χ4n) is 3.49. The van der Waals surface area contributed by atoms with Crippen LogP contribution in [0.5, 0.6) is 0 Å². The Balaban J connectivity index is -0.000000141. The number of alkyl halides is 6. The van der Waals surface area contributed by atoms with Crippen LogP contribution in [0.1, 0.15) is 122 Å². The van der Waals surface area contributed by atoms with E-state index in [0.29, 0.717) is 30.3 Å². The minimum atomic E-state index is -2.88. The van der Waals surface area contributed by atoms with Crippen molar-refractivity contribution >= 4 is 0 Å². The minimum Gasteiger partial charge on any atom is -0.396 e. The lowest BCUT2D eigenvalue weighted by Crippen LogP contribution is -2.23. The molecule has 0 radical (unpaired) electrons. The van der Waals surface area contributed by atoms with Gasteiger partial charge in [0.2, 0.25) is 12.9 Å². The summed E-state index contributed by atoms with van der Waals surface area (Å²) in [5.74, 6) is -0.774. The zero-order chi connectivity index (χ0) is 35.5. The van der Waals surface area contributed by atoms with Crippen molar-refractivity contribution in [2.75, 3.05) is 19.8 Å². The summed E-state index contributed by atoms with van der Waals surface area (Å²) in [6.45, 7) is 24.5. The Morgan fingerprint density at radius 3 is 1.02 bits per heavy atom. The van der Waals surface area contributed by atoms with E-state index >= 15 is 0 Å². The van der Waals surface area contributed by atoms with Gasteiger partial charge in [0, 0.05) is 32.5 Å². The zero-order valence-corrected chi connectivity index (χ0v) is 29.6. The highest BCUT2D eigenvalue weighted by atomic mass is 19.3.